The van der Waals surface area contributed by atoms with Crippen LogP contribution in [0.1, 0.15) is 12.5 Å². The minimum Gasteiger partial charge on any atom is -0.481 e. The van der Waals surface area contributed by atoms with E-state index in [2.05, 4.69) is 5.10 Å². The Labute approximate surface area is 157 Å². The van der Waals surface area contributed by atoms with Crippen LogP contribution >= 0.6 is 11.6 Å². The molecule has 0 saturated carbocycles. The average molecular weight is 370 g/mol. The van der Waals surface area contributed by atoms with Gasteiger partial charge >= 0.3 is 0 Å². The zero-order valence-electron chi connectivity index (χ0n) is 14.7. The van der Waals surface area contributed by atoms with Crippen molar-refractivity contribution in [2.24, 2.45) is 0 Å². The zero-order chi connectivity index (χ0) is 18.5. The first-order valence-corrected chi connectivity index (χ1v) is 8.67. The normalized spacial score (nSPS) is 11.8. The van der Waals surface area contributed by atoms with Gasteiger partial charge in [0.15, 0.2) is 6.10 Å². The van der Waals surface area contributed by atoms with Crippen molar-refractivity contribution in [1.82, 2.24) is 14.7 Å². The molecule has 1 heterocycles. The summed E-state index contributed by atoms with van der Waals surface area (Å²) in [5, 5.41) is 4.98. The molecule has 0 N–H and O–H groups in total. The second kappa shape index (κ2) is 8.06. The Balaban J connectivity index is 1.60. The molecule has 134 valence electrons. The van der Waals surface area contributed by atoms with Crippen molar-refractivity contribution in [1.29, 1.82) is 0 Å². The summed E-state index contributed by atoms with van der Waals surface area (Å²) in [5.74, 6) is 0.507. The summed E-state index contributed by atoms with van der Waals surface area (Å²) in [4.78, 5) is 14.2. The number of nitrogens with zero attached hydrogens (tertiary/aromatic N) is 3. The third kappa shape index (κ3) is 4.43. The minimum atomic E-state index is -0.592. The zero-order valence-corrected chi connectivity index (χ0v) is 15.4. The minimum absolute atomic E-state index is 0.104. The topological polar surface area (TPSA) is 47.4 Å². The second-order valence-electron chi connectivity index (χ2n) is 6.04. The molecule has 3 rings (SSSR count). The highest BCUT2D eigenvalue weighted by molar-refractivity contribution is 6.30. The van der Waals surface area contributed by atoms with Crippen molar-refractivity contribution in [2.45, 2.75) is 19.6 Å². The maximum Gasteiger partial charge on any atom is 0.263 e. The molecule has 3 aromatic rings. The van der Waals surface area contributed by atoms with E-state index in [9.17, 15) is 4.79 Å². The van der Waals surface area contributed by atoms with Gasteiger partial charge in [0, 0.05) is 30.4 Å². The van der Waals surface area contributed by atoms with Crippen LogP contribution in [-0.2, 0) is 11.3 Å². The number of para-hydroxylation sites is 1. The second-order valence-corrected chi connectivity index (χ2v) is 6.47. The molecule has 5 nitrogen and oxygen atoms in total. The summed E-state index contributed by atoms with van der Waals surface area (Å²) in [7, 11) is 1.75. The van der Waals surface area contributed by atoms with Crippen LogP contribution in [-0.4, -0.2) is 33.7 Å². The highest BCUT2D eigenvalue weighted by atomic mass is 35.5. The summed E-state index contributed by atoms with van der Waals surface area (Å²) < 4.78 is 7.49. The van der Waals surface area contributed by atoms with Crippen molar-refractivity contribution in [3.05, 3.63) is 77.6 Å². The average Bonchev–Trinajstić information content (AvgIpc) is 3.12. The number of carbonyl (C=O) groups is 1. The Kier molecular flexibility index (Phi) is 5.58. The monoisotopic (exact) mass is 369 g/mol. The number of halogens is 1. The first kappa shape index (κ1) is 18.0. The lowest BCUT2D eigenvalue weighted by atomic mass is 10.3. The van der Waals surface area contributed by atoms with Crippen molar-refractivity contribution >= 4 is 17.5 Å². The van der Waals surface area contributed by atoms with Gasteiger partial charge in [-0.05, 0) is 43.3 Å². The van der Waals surface area contributed by atoms with Gasteiger partial charge in [0.2, 0.25) is 0 Å². The predicted molar refractivity (Wildman–Crippen MR) is 102 cm³/mol. The van der Waals surface area contributed by atoms with E-state index in [4.69, 9.17) is 16.3 Å². The third-order valence-electron chi connectivity index (χ3n) is 3.93. The van der Waals surface area contributed by atoms with Gasteiger partial charge in [-0.15, -0.1) is 0 Å². The van der Waals surface area contributed by atoms with Gasteiger partial charge in [0.1, 0.15) is 5.75 Å². The summed E-state index contributed by atoms with van der Waals surface area (Å²) >= 11 is 5.86. The lowest BCUT2D eigenvalue weighted by Gasteiger charge is -2.21. The SMILES string of the molecule is C[C@@H](Oc1ccc(Cl)cc1)C(=O)N(C)Cc1cnn(-c2ccccc2)c1. The number of hydrogen-bond donors (Lipinski definition) is 0. The Morgan fingerprint density at radius 1 is 1.19 bits per heavy atom. The molecule has 1 amide bonds. The number of carbonyl (C=O) groups excluding carboxylic acids is 1. The molecule has 1 atom stereocenters. The van der Waals surface area contributed by atoms with Crippen LogP contribution in [0.15, 0.2) is 67.0 Å². The molecule has 0 aliphatic heterocycles. The molecule has 0 radical (unpaired) electrons. The fourth-order valence-electron chi connectivity index (χ4n) is 2.59. The van der Waals surface area contributed by atoms with Gasteiger partial charge in [-0.1, -0.05) is 29.8 Å². The Morgan fingerprint density at radius 3 is 2.58 bits per heavy atom. The highest BCUT2D eigenvalue weighted by Gasteiger charge is 2.20. The molecular formula is C20H20ClN3O2. The maximum absolute atomic E-state index is 12.5. The van der Waals surface area contributed by atoms with Gasteiger partial charge < -0.3 is 9.64 Å². The van der Waals surface area contributed by atoms with Gasteiger partial charge in [-0.25, -0.2) is 4.68 Å². The fraction of sp³-hybridized carbons (Fsp3) is 0.200. The van der Waals surface area contributed by atoms with Crippen LogP contribution in [0, 0.1) is 0 Å². The van der Waals surface area contributed by atoms with E-state index in [1.54, 1.807) is 54.0 Å². The summed E-state index contributed by atoms with van der Waals surface area (Å²) in [6.07, 6.45) is 3.09. The first-order chi connectivity index (χ1) is 12.5. The van der Waals surface area contributed by atoms with E-state index in [-0.39, 0.29) is 5.91 Å². The van der Waals surface area contributed by atoms with E-state index in [0.29, 0.717) is 17.3 Å². The Morgan fingerprint density at radius 2 is 1.88 bits per heavy atom. The Bertz CT molecular complexity index is 862. The molecule has 6 heteroatoms. The number of benzene rings is 2. The van der Waals surface area contributed by atoms with Crippen LogP contribution in [0.2, 0.25) is 5.02 Å². The molecule has 0 saturated heterocycles. The van der Waals surface area contributed by atoms with Crippen LogP contribution in [0.4, 0.5) is 0 Å². The van der Waals surface area contributed by atoms with Crippen molar-refractivity contribution < 1.29 is 9.53 Å². The molecule has 1 aromatic heterocycles. The predicted octanol–water partition coefficient (Wildman–Crippen LogP) is 3.95. The number of aromatic nitrogens is 2. The number of amides is 1. The van der Waals surface area contributed by atoms with Crippen LogP contribution in [0.3, 0.4) is 0 Å². The van der Waals surface area contributed by atoms with Gasteiger partial charge in [0.25, 0.3) is 5.91 Å². The summed E-state index contributed by atoms with van der Waals surface area (Å²) in [6.45, 7) is 2.20. The van der Waals surface area contributed by atoms with Crippen molar-refractivity contribution in [3.63, 3.8) is 0 Å². The van der Waals surface area contributed by atoms with E-state index >= 15 is 0 Å². The highest BCUT2D eigenvalue weighted by Crippen LogP contribution is 2.17. The first-order valence-electron chi connectivity index (χ1n) is 8.29. The molecule has 0 aliphatic carbocycles. The van der Waals surface area contributed by atoms with Gasteiger partial charge in [-0.3, -0.25) is 4.79 Å². The van der Waals surface area contributed by atoms with E-state index in [1.807, 2.05) is 36.5 Å². The quantitative estimate of drug-likeness (QED) is 0.661. The maximum atomic E-state index is 12.5. The van der Waals surface area contributed by atoms with E-state index in [1.165, 1.54) is 0 Å². The Hall–Kier alpha value is -2.79. The van der Waals surface area contributed by atoms with Gasteiger partial charge in [-0.2, -0.15) is 5.10 Å². The van der Waals surface area contributed by atoms with E-state index in [0.717, 1.165) is 11.3 Å². The smallest absolute Gasteiger partial charge is 0.263 e. The number of likely N-dealkylation sites (N-methyl/N-ethyl adjacent to an activating group) is 1. The molecule has 2 aromatic carbocycles. The number of hydrogen-bond acceptors (Lipinski definition) is 3. The summed E-state index contributed by atoms with van der Waals surface area (Å²) in [5.41, 5.74) is 1.93. The summed E-state index contributed by atoms with van der Waals surface area (Å²) in [6, 6.07) is 16.8. The molecule has 0 fully saturated rings. The lowest BCUT2D eigenvalue weighted by Crippen LogP contribution is -2.37. The van der Waals surface area contributed by atoms with Gasteiger partial charge in [0.05, 0.1) is 11.9 Å². The van der Waals surface area contributed by atoms with Crippen molar-refractivity contribution in [2.75, 3.05) is 7.05 Å². The van der Waals surface area contributed by atoms with Crippen LogP contribution < -0.4 is 4.74 Å². The van der Waals surface area contributed by atoms with Crippen molar-refractivity contribution in [3.8, 4) is 11.4 Å². The van der Waals surface area contributed by atoms with Crippen LogP contribution in [0.25, 0.3) is 5.69 Å². The number of ether oxygens (including phenoxy) is 1. The third-order valence-corrected chi connectivity index (χ3v) is 4.18. The largest absolute Gasteiger partial charge is 0.481 e. The standard InChI is InChI=1S/C20H20ClN3O2/c1-15(26-19-10-8-17(21)9-11-19)20(25)23(2)13-16-12-22-24(14-16)18-6-4-3-5-7-18/h3-12,14-15H,13H2,1-2H3/t15-/m1/s1. The molecule has 0 spiro atoms. The van der Waals surface area contributed by atoms with Crippen LogP contribution in [0.5, 0.6) is 5.75 Å². The lowest BCUT2D eigenvalue weighted by molar-refractivity contribution is -0.137. The molecule has 0 aliphatic rings. The van der Waals surface area contributed by atoms with E-state index < -0.39 is 6.10 Å². The molecular weight excluding hydrogens is 350 g/mol. The molecule has 0 bridgehead atoms. The molecule has 26 heavy (non-hydrogen) atoms. The number of rotatable bonds is 6. The molecule has 0 unspecified atom stereocenters. The fourth-order valence-corrected chi connectivity index (χ4v) is 2.72.